The van der Waals surface area contributed by atoms with Gasteiger partial charge in [-0.15, -0.1) is 0 Å². The molecule has 2 aromatic rings. The van der Waals surface area contributed by atoms with Gasteiger partial charge < -0.3 is 16.2 Å². The number of carboxylic acids is 1. The van der Waals surface area contributed by atoms with Crippen LogP contribution in [0.25, 0.3) is 0 Å². The van der Waals surface area contributed by atoms with Gasteiger partial charge in [0.25, 0.3) is 0 Å². The average Bonchev–Trinajstić information content (AvgIpc) is 2.41. The van der Waals surface area contributed by atoms with Gasteiger partial charge in [0.15, 0.2) is 0 Å². The third-order valence-corrected chi connectivity index (χ3v) is 3.51. The van der Waals surface area contributed by atoms with Gasteiger partial charge >= 0.3 is 5.97 Å². The molecule has 0 aromatic heterocycles. The molecule has 1 unspecified atom stereocenters. The minimum atomic E-state index is -0.969. The van der Waals surface area contributed by atoms with Gasteiger partial charge in [-0.25, -0.2) is 4.79 Å². The van der Waals surface area contributed by atoms with Gasteiger partial charge in [0.2, 0.25) is 0 Å². The van der Waals surface area contributed by atoms with Gasteiger partial charge in [-0.3, -0.25) is 0 Å². The molecule has 2 rings (SSSR count). The Bertz CT molecular complexity index is 644. The maximum atomic E-state index is 11.0. The lowest BCUT2D eigenvalue weighted by atomic mass is 10.1. The summed E-state index contributed by atoms with van der Waals surface area (Å²) in [7, 11) is 0. The number of hydrogen-bond acceptors (Lipinski definition) is 3. The van der Waals surface area contributed by atoms with Gasteiger partial charge in [0.05, 0.1) is 16.9 Å². The van der Waals surface area contributed by atoms with E-state index in [2.05, 4.69) is 21.2 Å². The Kier molecular flexibility index (Phi) is 4.29. The zero-order valence-corrected chi connectivity index (χ0v) is 12.5. The first-order valence-corrected chi connectivity index (χ1v) is 6.91. The molecule has 0 saturated heterocycles. The van der Waals surface area contributed by atoms with E-state index < -0.39 is 5.97 Å². The molecule has 1 atom stereocenters. The van der Waals surface area contributed by atoms with Crippen LogP contribution in [0, 0.1) is 0 Å². The molecule has 5 heteroatoms. The summed E-state index contributed by atoms with van der Waals surface area (Å²) in [6, 6.07) is 12.6. The molecule has 20 heavy (non-hydrogen) atoms. The Morgan fingerprint density at radius 1 is 1.30 bits per heavy atom. The van der Waals surface area contributed by atoms with Crippen molar-refractivity contribution in [3.63, 3.8) is 0 Å². The van der Waals surface area contributed by atoms with E-state index in [1.54, 1.807) is 12.1 Å². The van der Waals surface area contributed by atoms with Crippen molar-refractivity contribution in [2.24, 2.45) is 0 Å². The van der Waals surface area contributed by atoms with Crippen LogP contribution in [0.3, 0.4) is 0 Å². The topological polar surface area (TPSA) is 75.3 Å². The molecule has 2 aromatic carbocycles. The zero-order chi connectivity index (χ0) is 14.7. The standard InChI is InChI=1S/C15H15BrN2O2/c1-9(10-3-2-4-12(16)7-10)18-14-8-11(15(19)20)5-6-13(14)17/h2-9,18H,17H2,1H3,(H,19,20). The van der Waals surface area contributed by atoms with Crippen LogP contribution in [-0.2, 0) is 0 Å². The van der Waals surface area contributed by atoms with E-state index in [4.69, 9.17) is 10.8 Å². The van der Waals surface area contributed by atoms with Gasteiger partial charge in [0, 0.05) is 10.5 Å². The van der Waals surface area contributed by atoms with E-state index in [1.807, 2.05) is 31.2 Å². The molecule has 0 amide bonds. The third-order valence-electron chi connectivity index (χ3n) is 3.02. The largest absolute Gasteiger partial charge is 0.478 e. The number of aromatic carboxylic acids is 1. The predicted molar refractivity (Wildman–Crippen MR) is 84.0 cm³/mol. The predicted octanol–water partition coefficient (Wildman–Crippen LogP) is 3.90. The Morgan fingerprint density at radius 2 is 2.05 bits per heavy atom. The van der Waals surface area contributed by atoms with Gasteiger partial charge in [-0.1, -0.05) is 28.1 Å². The number of nitrogens with one attached hydrogen (secondary N) is 1. The van der Waals surface area contributed by atoms with Crippen LogP contribution in [0.4, 0.5) is 11.4 Å². The van der Waals surface area contributed by atoms with Crippen LogP contribution in [0.5, 0.6) is 0 Å². The van der Waals surface area contributed by atoms with E-state index in [1.165, 1.54) is 6.07 Å². The number of benzene rings is 2. The summed E-state index contributed by atoms with van der Waals surface area (Å²) in [6.45, 7) is 1.99. The quantitative estimate of drug-likeness (QED) is 0.741. The fourth-order valence-electron chi connectivity index (χ4n) is 1.91. The Balaban J connectivity index is 2.25. The van der Waals surface area contributed by atoms with E-state index in [0.29, 0.717) is 11.4 Å². The highest BCUT2D eigenvalue weighted by Gasteiger charge is 2.10. The summed E-state index contributed by atoms with van der Waals surface area (Å²) in [5.41, 5.74) is 8.32. The lowest BCUT2D eigenvalue weighted by Crippen LogP contribution is -2.09. The van der Waals surface area contributed by atoms with Crippen molar-refractivity contribution in [2.75, 3.05) is 11.1 Å². The lowest BCUT2D eigenvalue weighted by molar-refractivity contribution is 0.0697. The minimum absolute atomic E-state index is 0.0128. The summed E-state index contributed by atoms with van der Waals surface area (Å²) in [6.07, 6.45) is 0. The Labute approximate surface area is 125 Å². The molecule has 0 heterocycles. The monoisotopic (exact) mass is 334 g/mol. The van der Waals surface area contributed by atoms with Crippen LogP contribution in [0.2, 0.25) is 0 Å². The fraction of sp³-hybridized carbons (Fsp3) is 0.133. The Morgan fingerprint density at radius 3 is 2.70 bits per heavy atom. The molecule has 4 N–H and O–H groups in total. The molecule has 0 fully saturated rings. The molecule has 0 aliphatic carbocycles. The van der Waals surface area contributed by atoms with Gasteiger partial charge in [-0.05, 0) is 42.8 Å². The van der Waals surface area contributed by atoms with Crippen molar-refractivity contribution in [1.29, 1.82) is 0 Å². The van der Waals surface area contributed by atoms with Gasteiger partial charge in [-0.2, -0.15) is 0 Å². The average molecular weight is 335 g/mol. The first-order valence-electron chi connectivity index (χ1n) is 6.12. The number of anilines is 2. The third kappa shape index (κ3) is 3.30. The number of carboxylic acid groups (broad SMARTS) is 1. The highest BCUT2D eigenvalue weighted by atomic mass is 79.9. The van der Waals surface area contributed by atoms with Crippen molar-refractivity contribution >= 4 is 33.3 Å². The number of nitrogen functional groups attached to an aromatic ring is 1. The van der Waals surface area contributed by atoms with Crippen molar-refractivity contribution in [3.8, 4) is 0 Å². The second-order valence-electron chi connectivity index (χ2n) is 4.53. The summed E-state index contributed by atoms with van der Waals surface area (Å²) in [5.74, 6) is -0.969. The SMILES string of the molecule is CC(Nc1cc(C(=O)O)ccc1N)c1cccc(Br)c1. The zero-order valence-electron chi connectivity index (χ0n) is 10.9. The summed E-state index contributed by atoms with van der Waals surface area (Å²) in [4.78, 5) is 11.0. The first kappa shape index (κ1) is 14.4. The molecule has 0 aliphatic heterocycles. The van der Waals surface area contributed by atoms with Gasteiger partial charge in [0.1, 0.15) is 0 Å². The van der Waals surface area contributed by atoms with Crippen molar-refractivity contribution in [3.05, 3.63) is 58.1 Å². The second kappa shape index (κ2) is 5.96. The van der Waals surface area contributed by atoms with Crippen LogP contribution >= 0.6 is 15.9 Å². The molecule has 0 bridgehead atoms. The molecular formula is C15H15BrN2O2. The summed E-state index contributed by atoms with van der Waals surface area (Å²) in [5, 5.41) is 12.3. The molecule has 0 radical (unpaired) electrons. The number of rotatable bonds is 4. The van der Waals surface area contributed by atoms with Crippen molar-refractivity contribution in [2.45, 2.75) is 13.0 Å². The molecule has 104 valence electrons. The summed E-state index contributed by atoms with van der Waals surface area (Å²) >= 11 is 3.43. The molecular weight excluding hydrogens is 320 g/mol. The van der Waals surface area contributed by atoms with E-state index in [9.17, 15) is 4.79 Å². The molecule has 0 saturated carbocycles. The Hall–Kier alpha value is -2.01. The number of hydrogen-bond donors (Lipinski definition) is 3. The lowest BCUT2D eigenvalue weighted by Gasteiger charge is -2.18. The van der Waals surface area contributed by atoms with E-state index >= 15 is 0 Å². The fourth-order valence-corrected chi connectivity index (χ4v) is 2.32. The second-order valence-corrected chi connectivity index (χ2v) is 5.44. The first-order chi connectivity index (χ1) is 9.47. The van der Waals surface area contributed by atoms with Crippen LogP contribution in [0.15, 0.2) is 46.9 Å². The smallest absolute Gasteiger partial charge is 0.335 e. The highest BCUT2D eigenvalue weighted by Crippen LogP contribution is 2.26. The molecule has 4 nitrogen and oxygen atoms in total. The number of halogens is 1. The van der Waals surface area contributed by atoms with Crippen molar-refractivity contribution < 1.29 is 9.90 Å². The maximum Gasteiger partial charge on any atom is 0.335 e. The number of nitrogens with two attached hydrogens (primary N) is 1. The molecule has 0 spiro atoms. The van der Waals surface area contributed by atoms with Crippen LogP contribution in [-0.4, -0.2) is 11.1 Å². The normalized spacial score (nSPS) is 11.9. The highest BCUT2D eigenvalue weighted by molar-refractivity contribution is 9.10. The van der Waals surface area contributed by atoms with E-state index in [-0.39, 0.29) is 11.6 Å². The number of carbonyl (C=O) groups is 1. The minimum Gasteiger partial charge on any atom is -0.478 e. The van der Waals surface area contributed by atoms with Crippen LogP contribution < -0.4 is 11.1 Å². The molecule has 0 aliphatic rings. The van der Waals surface area contributed by atoms with Crippen molar-refractivity contribution in [1.82, 2.24) is 0 Å². The summed E-state index contributed by atoms with van der Waals surface area (Å²) < 4.78 is 0.996. The van der Waals surface area contributed by atoms with Crippen LogP contribution in [0.1, 0.15) is 28.9 Å². The maximum absolute atomic E-state index is 11.0. The van der Waals surface area contributed by atoms with E-state index in [0.717, 1.165) is 10.0 Å².